The molecule has 0 atom stereocenters. The van der Waals surface area contributed by atoms with Crippen LogP contribution in [0.5, 0.6) is 11.8 Å². The molecule has 1 heterocycles. The first kappa shape index (κ1) is 20.5. The molecular weight excluding hydrogens is 365 g/mol. The molecule has 0 bridgehead atoms. The molecule has 27 heavy (non-hydrogen) atoms. The van der Waals surface area contributed by atoms with Crippen LogP contribution in [-0.4, -0.2) is 35.3 Å². The number of esters is 1. The first-order chi connectivity index (χ1) is 12.9. The molecule has 2 rings (SSSR count). The summed E-state index contributed by atoms with van der Waals surface area (Å²) in [5.74, 6) is 0.257. The maximum Gasteiger partial charge on any atom is 0.422 e. The highest BCUT2D eigenvalue weighted by molar-refractivity contribution is 5.69. The molecule has 0 saturated carbocycles. The van der Waals surface area contributed by atoms with Gasteiger partial charge in [-0.2, -0.15) is 18.2 Å². The van der Waals surface area contributed by atoms with E-state index in [1.54, 1.807) is 19.1 Å². The SMILES string of the molecule is CCOC(=O)CCc1ccccc1OCc1ccnc(OCC(F)(F)F)n1. The van der Waals surface area contributed by atoms with Crippen molar-refractivity contribution in [2.45, 2.75) is 32.5 Å². The molecule has 0 radical (unpaired) electrons. The number of carbonyl (C=O) groups is 1. The molecule has 0 aliphatic rings. The fraction of sp³-hybridized carbons (Fsp3) is 0.389. The van der Waals surface area contributed by atoms with Gasteiger partial charge >= 0.3 is 18.2 Å². The molecule has 0 aliphatic carbocycles. The van der Waals surface area contributed by atoms with Crippen molar-refractivity contribution in [3.63, 3.8) is 0 Å². The van der Waals surface area contributed by atoms with Gasteiger partial charge in [-0.05, 0) is 31.0 Å². The van der Waals surface area contributed by atoms with E-state index < -0.39 is 12.8 Å². The molecule has 0 unspecified atom stereocenters. The zero-order valence-electron chi connectivity index (χ0n) is 14.7. The Labute approximate surface area is 154 Å². The molecule has 0 N–H and O–H groups in total. The van der Waals surface area contributed by atoms with Crippen LogP contribution < -0.4 is 9.47 Å². The minimum atomic E-state index is -4.46. The maximum absolute atomic E-state index is 12.2. The number of hydrogen-bond acceptors (Lipinski definition) is 6. The summed E-state index contributed by atoms with van der Waals surface area (Å²) in [6.07, 6.45) is -2.51. The number of alkyl halides is 3. The lowest BCUT2D eigenvalue weighted by molar-refractivity contribution is -0.154. The Morgan fingerprint density at radius 3 is 2.67 bits per heavy atom. The largest absolute Gasteiger partial charge is 0.487 e. The summed E-state index contributed by atoms with van der Waals surface area (Å²) in [5.41, 5.74) is 1.18. The number of rotatable bonds is 9. The summed E-state index contributed by atoms with van der Waals surface area (Å²) in [4.78, 5) is 19.0. The van der Waals surface area contributed by atoms with Gasteiger partial charge in [0, 0.05) is 12.6 Å². The molecule has 0 saturated heterocycles. The van der Waals surface area contributed by atoms with Gasteiger partial charge in [0.15, 0.2) is 6.61 Å². The van der Waals surface area contributed by atoms with Crippen molar-refractivity contribution in [2.24, 2.45) is 0 Å². The van der Waals surface area contributed by atoms with Crippen LogP contribution in [0.25, 0.3) is 0 Å². The molecule has 1 aromatic heterocycles. The predicted molar refractivity (Wildman–Crippen MR) is 89.3 cm³/mol. The Kier molecular flexibility index (Phi) is 7.39. The highest BCUT2D eigenvalue weighted by Gasteiger charge is 2.29. The Morgan fingerprint density at radius 1 is 1.15 bits per heavy atom. The van der Waals surface area contributed by atoms with Crippen molar-refractivity contribution in [1.82, 2.24) is 9.97 Å². The van der Waals surface area contributed by atoms with Gasteiger partial charge in [-0.1, -0.05) is 18.2 Å². The summed E-state index contributed by atoms with van der Waals surface area (Å²) in [6.45, 7) is 0.613. The molecule has 0 amide bonds. The highest BCUT2D eigenvalue weighted by atomic mass is 19.4. The van der Waals surface area contributed by atoms with Gasteiger partial charge in [-0.25, -0.2) is 4.98 Å². The summed E-state index contributed by atoms with van der Waals surface area (Å²) in [5, 5.41) is 0. The third-order valence-corrected chi connectivity index (χ3v) is 3.31. The van der Waals surface area contributed by atoms with E-state index in [1.165, 1.54) is 12.3 Å². The molecule has 2 aromatic rings. The second-order valence-corrected chi connectivity index (χ2v) is 5.44. The molecule has 1 aromatic carbocycles. The zero-order valence-corrected chi connectivity index (χ0v) is 14.7. The number of aryl methyl sites for hydroxylation is 1. The summed E-state index contributed by atoms with van der Waals surface area (Å²) in [6, 6.07) is 8.31. The predicted octanol–water partition coefficient (Wildman–Crippen LogP) is 3.49. The molecular formula is C18H19F3N2O4. The minimum Gasteiger partial charge on any atom is -0.487 e. The lowest BCUT2D eigenvalue weighted by Gasteiger charge is -2.12. The van der Waals surface area contributed by atoms with Crippen molar-refractivity contribution in [2.75, 3.05) is 13.2 Å². The lowest BCUT2D eigenvalue weighted by Crippen LogP contribution is -2.20. The van der Waals surface area contributed by atoms with E-state index in [1.807, 2.05) is 12.1 Å². The van der Waals surface area contributed by atoms with Crippen LogP contribution in [0.15, 0.2) is 36.5 Å². The molecule has 0 spiro atoms. The van der Waals surface area contributed by atoms with Crippen LogP contribution in [0, 0.1) is 0 Å². The summed E-state index contributed by atoms with van der Waals surface area (Å²) in [7, 11) is 0. The van der Waals surface area contributed by atoms with Crippen LogP contribution >= 0.6 is 0 Å². The molecule has 0 fully saturated rings. The monoisotopic (exact) mass is 384 g/mol. The summed E-state index contributed by atoms with van der Waals surface area (Å²) >= 11 is 0. The molecule has 9 heteroatoms. The molecule has 146 valence electrons. The van der Waals surface area contributed by atoms with Gasteiger partial charge < -0.3 is 14.2 Å². The Balaban J connectivity index is 1.95. The number of aromatic nitrogens is 2. The minimum absolute atomic E-state index is 0.0152. The normalized spacial score (nSPS) is 11.1. The topological polar surface area (TPSA) is 70.5 Å². The Bertz CT molecular complexity index is 753. The van der Waals surface area contributed by atoms with Crippen molar-refractivity contribution < 1.29 is 32.2 Å². The smallest absolute Gasteiger partial charge is 0.422 e. The zero-order chi connectivity index (χ0) is 19.7. The fourth-order valence-electron chi connectivity index (χ4n) is 2.15. The lowest BCUT2D eigenvalue weighted by atomic mass is 10.1. The standard InChI is InChI=1S/C18H19F3N2O4/c1-2-25-16(24)8-7-13-5-3-4-6-15(13)26-11-14-9-10-22-17(23-14)27-12-18(19,20)21/h3-6,9-10H,2,7-8,11-12H2,1H3. The van der Waals surface area contributed by atoms with Gasteiger partial charge in [-0.15, -0.1) is 0 Å². The number of carbonyl (C=O) groups excluding carboxylic acids is 1. The highest BCUT2D eigenvalue weighted by Crippen LogP contribution is 2.21. The second-order valence-electron chi connectivity index (χ2n) is 5.44. The Hall–Kier alpha value is -2.84. The van der Waals surface area contributed by atoms with Crippen LogP contribution in [0.1, 0.15) is 24.6 Å². The third-order valence-electron chi connectivity index (χ3n) is 3.31. The number of ether oxygens (including phenoxy) is 3. The van der Waals surface area contributed by atoms with Gasteiger partial charge in [0.2, 0.25) is 0 Å². The van der Waals surface area contributed by atoms with Crippen LogP contribution in [0.2, 0.25) is 0 Å². The van der Waals surface area contributed by atoms with Crippen molar-refractivity contribution in [3.8, 4) is 11.8 Å². The molecule has 0 aliphatic heterocycles. The molecule has 6 nitrogen and oxygen atoms in total. The van der Waals surface area contributed by atoms with Gasteiger partial charge in [0.1, 0.15) is 12.4 Å². The average Bonchev–Trinajstić information content (AvgIpc) is 2.64. The third kappa shape index (κ3) is 7.51. The van der Waals surface area contributed by atoms with Crippen molar-refractivity contribution in [3.05, 3.63) is 47.8 Å². The fourth-order valence-corrected chi connectivity index (χ4v) is 2.15. The first-order valence-corrected chi connectivity index (χ1v) is 8.25. The van der Waals surface area contributed by atoms with E-state index in [0.29, 0.717) is 24.5 Å². The van der Waals surface area contributed by atoms with Gasteiger partial charge in [0.05, 0.1) is 12.3 Å². The van der Waals surface area contributed by atoms with Crippen LogP contribution in [0.3, 0.4) is 0 Å². The van der Waals surface area contributed by atoms with E-state index in [4.69, 9.17) is 9.47 Å². The van der Waals surface area contributed by atoms with E-state index in [0.717, 1.165) is 5.56 Å². The van der Waals surface area contributed by atoms with E-state index in [2.05, 4.69) is 14.7 Å². The van der Waals surface area contributed by atoms with E-state index in [-0.39, 0.29) is 25.0 Å². The maximum atomic E-state index is 12.2. The van der Waals surface area contributed by atoms with Crippen molar-refractivity contribution in [1.29, 1.82) is 0 Å². The number of benzene rings is 1. The van der Waals surface area contributed by atoms with Gasteiger partial charge in [-0.3, -0.25) is 4.79 Å². The van der Waals surface area contributed by atoms with E-state index in [9.17, 15) is 18.0 Å². The average molecular weight is 384 g/mol. The van der Waals surface area contributed by atoms with E-state index >= 15 is 0 Å². The number of halogens is 3. The van der Waals surface area contributed by atoms with Crippen LogP contribution in [0.4, 0.5) is 13.2 Å². The Morgan fingerprint density at radius 2 is 1.93 bits per heavy atom. The van der Waals surface area contributed by atoms with Gasteiger partial charge in [0.25, 0.3) is 0 Å². The first-order valence-electron chi connectivity index (χ1n) is 8.25. The van der Waals surface area contributed by atoms with Crippen molar-refractivity contribution >= 4 is 5.97 Å². The second kappa shape index (κ2) is 9.75. The number of hydrogen-bond donors (Lipinski definition) is 0. The van der Waals surface area contributed by atoms with Crippen LogP contribution in [-0.2, 0) is 22.6 Å². The number of nitrogens with zero attached hydrogens (tertiary/aromatic N) is 2. The quantitative estimate of drug-likeness (QED) is 0.617. The summed E-state index contributed by atoms with van der Waals surface area (Å²) < 4.78 is 51.7. The number of para-hydroxylation sites is 1.